The molecule has 33 heavy (non-hydrogen) atoms. The normalized spacial score (nSPS) is 12.8. The quantitative estimate of drug-likeness (QED) is 0.183. The highest BCUT2D eigenvalue weighted by atomic mass is 35.5. The summed E-state index contributed by atoms with van der Waals surface area (Å²) in [4.78, 5) is 13.1. The summed E-state index contributed by atoms with van der Waals surface area (Å²) < 4.78 is 11.7. The van der Waals surface area contributed by atoms with Crippen LogP contribution in [0.2, 0.25) is 15.1 Å². The van der Waals surface area contributed by atoms with Crippen LogP contribution in [0.1, 0.15) is 22.8 Å². The minimum absolute atomic E-state index is 0.284. The Morgan fingerprint density at radius 1 is 0.848 bits per heavy atom. The Bertz CT molecular complexity index is 1350. The summed E-state index contributed by atoms with van der Waals surface area (Å²) in [6.45, 7) is 0. The Morgan fingerprint density at radius 2 is 1.48 bits per heavy atom. The molecule has 1 aromatic heterocycles. The number of hydrogen-bond acceptors (Lipinski definition) is 4. The van der Waals surface area contributed by atoms with E-state index in [1.807, 2.05) is 48.5 Å². The number of amides is 1. The molecule has 0 fully saturated rings. The van der Waals surface area contributed by atoms with E-state index in [0.29, 0.717) is 43.7 Å². The van der Waals surface area contributed by atoms with E-state index in [4.69, 9.17) is 44.0 Å². The number of ether oxygens (including phenoxy) is 1. The fourth-order valence-corrected chi connectivity index (χ4v) is 4.33. The number of nitrogens with one attached hydrogen (secondary N) is 1. The Labute approximate surface area is 204 Å². The summed E-state index contributed by atoms with van der Waals surface area (Å²) in [5.74, 6) is 1.39. The Morgan fingerprint density at radius 3 is 2.18 bits per heavy atom. The Hall–Kier alpha value is -3.25. The van der Waals surface area contributed by atoms with Gasteiger partial charge in [0.15, 0.2) is 0 Å². The molecule has 0 spiro atoms. The van der Waals surface area contributed by atoms with Gasteiger partial charge in [-0.05, 0) is 36.4 Å². The number of fused-ring (bicyclic) bond motifs is 2. The molecule has 3 aromatic carbocycles. The average Bonchev–Trinajstić information content (AvgIpc) is 3.28. The first-order valence-electron chi connectivity index (χ1n) is 9.94. The molecule has 0 radical (unpaired) electrons. The lowest BCUT2D eigenvalue weighted by Gasteiger charge is -2.26. The summed E-state index contributed by atoms with van der Waals surface area (Å²) in [6.07, 6.45) is 1.42. The van der Waals surface area contributed by atoms with Crippen LogP contribution in [-0.2, 0) is 4.79 Å². The predicted molar refractivity (Wildman–Crippen MR) is 130 cm³/mol. The largest absolute Gasteiger partial charge is 0.457 e. The Balaban J connectivity index is 1.36. The van der Waals surface area contributed by atoms with Crippen molar-refractivity contribution in [3.63, 3.8) is 0 Å². The zero-order valence-electron chi connectivity index (χ0n) is 16.9. The van der Waals surface area contributed by atoms with Gasteiger partial charge in [0.25, 0.3) is 5.91 Å². The standard InChI is InChI=1S/C25H15Cl3N2O3/c26-18-12-20(28)19(27)11-17(18)23-10-9-14(32-23)13-29-30-25(31)24-15-5-1-3-7-21(15)33-22-8-4-2-6-16(22)24/h1-13,24H,(H,30,31)/b29-13+. The third-order valence-corrected chi connectivity index (χ3v) is 6.25. The number of nitrogens with zero attached hydrogens (tertiary/aromatic N) is 1. The Kier molecular flexibility index (Phi) is 5.85. The van der Waals surface area contributed by atoms with Crippen molar-refractivity contribution in [3.8, 4) is 22.8 Å². The van der Waals surface area contributed by atoms with E-state index in [9.17, 15) is 4.79 Å². The molecule has 0 atom stereocenters. The average molecular weight is 498 g/mol. The molecule has 0 aliphatic carbocycles. The number of hydrazone groups is 1. The fraction of sp³-hybridized carbons (Fsp3) is 0.0400. The number of rotatable bonds is 4. The second-order valence-corrected chi connectivity index (χ2v) is 8.51. The van der Waals surface area contributed by atoms with Crippen molar-refractivity contribution in [3.05, 3.63) is 105 Å². The maximum Gasteiger partial charge on any atom is 0.252 e. The third kappa shape index (κ3) is 4.23. The lowest BCUT2D eigenvalue weighted by atomic mass is 9.87. The van der Waals surface area contributed by atoms with Gasteiger partial charge < -0.3 is 9.15 Å². The second-order valence-electron chi connectivity index (χ2n) is 7.29. The van der Waals surface area contributed by atoms with Crippen molar-refractivity contribution in [2.75, 3.05) is 0 Å². The molecule has 0 saturated carbocycles. The smallest absolute Gasteiger partial charge is 0.252 e. The van der Waals surface area contributed by atoms with E-state index in [0.717, 1.165) is 11.1 Å². The van der Waals surface area contributed by atoms with E-state index < -0.39 is 5.92 Å². The molecule has 4 aromatic rings. The van der Waals surface area contributed by atoms with Gasteiger partial charge in [-0.3, -0.25) is 4.79 Å². The summed E-state index contributed by atoms with van der Waals surface area (Å²) in [7, 11) is 0. The summed E-state index contributed by atoms with van der Waals surface area (Å²) in [5.41, 5.74) is 4.76. The fourth-order valence-electron chi connectivity index (χ4n) is 3.69. The molecule has 1 N–H and O–H groups in total. The molecule has 164 valence electrons. The molecule has 8 heteroatoms. The van der Waals surface area contributed by atoms with Gasteiger partial charge in [0, 0.05) is 16.7 Å². The van der Waals surface area contributed by atoms with E-state index in [2.05, 4.69) is 10.5 Å². The van der Waals surface area contributed by atoms with Gasteiger partial charge in [0.05, 0.1) is 27.2 Å². The van der Waals surface area contributed by atoms with Crippen molar-refractivity contribution >= 4 is 46.9 Å². The number of furan rings is 1. The first-order valence-corrected chi connectivity index (χ1v) is 11.1. The van der Waals surface area contributed by atoms with Crippen LogP contribution in [0.5, 0.6) is 11.5 Å². The highest BCUT2D eigenvalue weighted by Crippen LogP contribution is 2.44. The molecule has 0 bridgehead atoms. The van der Waals surface area contributed by atoms with E-state index in [-0.39, 0.29) is 5.91 Å². The van der Waals surface area contributed by atoms with Crippen LogP contribution in [0, 0.1) is 0 Å². The van der Waals surface area contributed by atoms with Gasteiger partial charge in [-0.25, -0.2) is 5.43 Å². The van der Waals surface area contributed by atoms with E-state index in [1.54, 1.807) is 24.3 Å². The van der Waals surface area contributed by atoms with Gasteiger partial charge in [-0.1, -0.05) is 71.2 Å². The van der Waals surface area contributed by atoms with Crippen molar-refractivity contribution in [2.45, 2.75) is 5.92 Å². The lowest BCUT2D eigenvalue weighted by molar-refractivity contribution is -0.121. The number of halogens is 3. The minimum Gasteiger partial charge on any atom is -0.457 e. The maximum atomic E-state index is 13.1. The molecular formula is C25H15Cl3N2O3. The highest BCUT2D eigenvalue weighted by molar-refractivity contribution is 6.44. The van der Waals surface area contributed by atoms with Crippen LogP contribution in [0.15, 0.2) is 82.3 Å². The number of carbonyl (C=O) groups excluding carboxylic acids is 1. The van der Waals surface area contributed by atoms with Gasteiger partial charge in [0.1, 0.15) is 23.0 Å². The van der Waals surface area contributed by atoms with Gasteiger partial charge in [-0.2, -0.15) is 5.10 Å². The van der Waals surface area contributed by atoms with Crippen molar-refractivity contribution in [2.24, 2.45) is 5.10 Å². The number of benzene rings is 3. The molecule has 0 unspecified atom stereocenters. The monoisotopic (exact) mass is 496 g/mol. The van der Waals surface area contributed by atoms with Crippen LogP contribution >= 0.6 is 34.8 Å². The number of carbonyl (C=O) groups is 1. The molecule has 1 aliphatic rings. The zero-order chi connectivity index (χ0) is 22.9. The minimum atomic E-state index is -0.550. The molecular weight excluding hydrogens is 483 g/mol. The van der Waals surface area contributed by atoms with Gasteiger partial charge >= 0.3 is 0 Å². The molecule has 5 nitrogen and oxygen atoms in total. The second kappa shape index (κ2) is 8.94. The first kappa shape index (κ1) is 21.6. The summed E-state index contributed by atoms with van der Waals surface area (Å²) in [6, 6.07) is 21.6. The maximum absolute atomic E-state index is 13.1. The van der Waals surface area contributed by atoms with Gasteiger partial charge in [0.2, 0.25) is 0 Å². The molecule has 1 amide bonds. The third-order valence-electron chi connectivity index (χ3n) is 5.21. The molecule has 5 rings (SSSR count). The summed E-state index contributed by atoms with van der Waals surface area (Å²) in [5, 5.41) is 5.22. The van der Waals surface area contributed by atoms with Crippen LogP contribution in [-0.4, -0.2) is 12.1 Å². The first-order chi connectivity index (χ1) is 16.0. The topological polar surface area (TPSA) is 63.8 Å². The van der Waals surface area contributed by atoms with E-state index in [1.165, 1.54) is 6.21 Å². The number of para-hydroxylation sites is 2. The zero-order valence-corrected chi connectivity index (χ0v) is 19.2. The van der Waals surface area contributed by atoms with Crippen molar-refractivity contribution in [1.29, 1.82) is 0 Å². The predicted octanol–water partition coefficient (Wildman–Crippen LogP) is 7.29. The highest BCUT2D eigenvalue weighted by Gasteiger charge is 2.32. The van der Waals surface area contributed by atoms with Crippen molar-refractivity contribution in [1.82, 2.24) is 5.43 Å². The molecule has 1 aliphatic heterocycles. The lowest BCUT2D eigenvalue weighted by Crippen LogP contribution is -2.28. The van der Waals surface area contributed by atoms with E-state index >= 15 is 0 Å². The van der Waals surface area contributed by atoms with Crippen LogP contribution in [0.4, 0.5) is 0 Å². The van der Waals surface area contributed by atoms with Gasteiger partial charge in [-0.15, -0.1) is 0 Å². The van der Waals surface area contributed by atoms with Crippen molar-refractivity contribution < 1.29 is 13.9 Å². The van der Waals surface area contributed by atoms with Crippen LogP contribution < -0.4 is 10.2 Å². The molecule has 0 saturated heterocycles. The molecule has 2 heterocycles. The SMILES string of the molecule is O=C(N/N=C/c1ccc(-c2cc(Cl)c(Cl)cc2Cl)o1)C1c2ccccc2Oc2ccccc21. The van der Waals surface area contributed by atoms with Crippen LogP contribution in [0.3, 0.4) is 0 Å². The number of hydrogen-bond donors (Lipinski definition) is 1. The summed E-state index contributed by atoms with van der Waals surface area (Å²) >= 11 is 18.3. The van der Waals surface area contributed by atoms with Crippen LogP contribution in [0.25, 0.3) is 11.3 Å².